The van der Waals surface area contributed by atoms with E-state index in [0.29, 0.717) is 5.02 Å². The van der Waals surface area contributed by atoms with Crippen molar-refractivity contribution in [2.75, 3.05) is 17.6 Å². The van der Waals surface area contributed by atoms with Crippen molar-refractivity contribution in [2.24, 2.45) is 12.0 Å². The molecule has 0 atom stereocenters. The maximum absolute atomic E-state index is 6.19. The number of aromatic nitrogens is 3. The number of anilines is 1. The highest BCUT2D eigenvalue weighted by Crippen LogP contribution is 2.30. The summed E-state index contributed by atoms with van der Waals surface area (Å²) in [4.78, 5) is 5.88. The first-order valence-corrected chi connectivity index (χ1v) is 6.54. The number of amidine groups is 1. The summed E-state index contributed by atoms with van der Waals surface area (Å²) in [6.45, 7) is 0.848. The summed E-state index contributed by atoms with van der Waals surface area (Å²) < 4.78 is 0. The van der Waals surface area contributed by atoms with Gasteiger partial charge in [-0.15, -0.1) is 0 Å². The number of fused-ring (bicyclic) bond motifs is 1. The molecule has 2 aromatic rings. The van der Waals surface area contributed by atoms with Gasteiger partial charge in [0.1, 0.15) is 11.0 Å². The van der Waals surface area contributed by atoms with E-state index in [2.05, 4.69) is 20.5 Å². The molecule has 1 aromatic carbocycles. The number of benzene rings is 1. The Hall–Kier alpha value is -1.27. The summed E-state index contributed by atoms with van der Waals surface area (Å²) in [5.41, 5.74) is 2.38. The molecule has 0 saturated carbocycles. The average Bonchev–Trinajstić information content (AvgIpc) is 2.91. The zero-order valence-electron chi connectivity index (χ0n) is 9.14. The van der Waals surface area contributed by atoms with Gasteiger partial charge < -0.3 is 5.32 Å². The van der Waals surface area contributed by atoms with Gasteiger partial charge in [0.05, 0.1) is 17.3 Å². The molecule has 0 amide bonds. The van der Waals surface area contributed by atoms with Gasteiger partial charge >= 0.3 is 0 Å². The molecule has 7 heteroatoms. The third kappa shape index (κ3) is 1.98. The minimum Gasteiger partial charge on any atom is -0.332 e. The molecule has 5 nitrogen and oxygen atoms in total. The van der Waals surface area contributed by atoms with Crippen molar-refractivity contribution in [1.29, 1.82) is 0 Å². The van der Waals surface area contributed by atoms with E-state index in [1.807, 2.05) is 12.1 Å². The summed E-state index contributed by atoms with van der Waals surface area (Å²) >= 11 is 7.87. The standard InChI is InChI=1S/C10H10ClN5S/c1-16-14-7-3-2-6(11)8(9(7)15-16)13-10-12-4-5-17-10/h2-3H,4-5H2,1H3,(H,12,13). The number of aryl methyl sites for hydroxylation is 1. The van der Waals surface area contributed by atoms with Gasteiger partial charge in [-0.25, -0.2) is 0 Å². The first kappa shape index (κ1) is 10.9. The van der Waals surface area contributed by atoms with Gasteiger partial charge in [0, 0.05) is 12.8 Å². The largest absolute Gasteiger partial charge is 0.332 e. The van der Waals surface area contributed by atoms with E-state index in [4.69, 9.17) is 11.6 Å². The monoisotopic (exact) mass is 267 g/mol. The molecule has 88 valence electrons. The number of aliphatic imine (C=N–C) groups is 1. The molecule has 1 aliphatic rings. The second-order valence-electron chi connectivity index (χ2n) is 3.64. The molecule has 0 radical (unpaired) electrons. The minimum absolute atomic E-state index is 0.633. The van der Waals surface area contributed by atoms with Crippen LogP contribution in [0.1, 0.15) is 0 Å². The lowest BCUT2D eigenvalue weighted by Gasteiger charge is -2.07. The zero-order chi connectivity index (χ0) is 11.8. The van der Waals surface area contributed by atoms with Crippen LogP contribution in [-0.4, -0.2) is 32.5 Å². The zero-order valence-corrected chi connectivity index (χ0v) is 10.7. The number of nitrogens with one attached hydrogen (secondary N) is 1. The number of rotatable bonds is 1. The molecule has 1 aromatic heterocycles. The van der Waals surface area contributed by atoms with Crippen LogP contribution in [0.3, 0.4) is 0 Å². The molecule has 1 aliphatic heterocycles. The Balaban J connectivity index is 2.09. The van der Waals surface area contributed by atoms with Crippen molar-refractivity contribution in [3.05, 3.63) is 17.2 Å². The van der Waals surface area contributed by atoms with Crippen LogP contribution < -0.4 is 5.32 Å². The lowest BCUT2D eigenvalue weighted by molar-refractivity contribution is 0.665. The van der Waals surface area contributed by atoms with Crippen LogP contribution in [-0.2, 0) is 7.05 Å². The number of halogens is 1. The van der Waals surface area contributed by atoms with E-state index in [0.717, 1.165) is 34.2 Å². The number of nitrogens with zero attached hydrogens (tertiary/aromatic N) is 4. The topological polar surface area (TPSA) is 55.1 Å². The number of thioether (sulfide) groups is 1. The van der Waals surface area contributed by atoms with Crippen LogP contribution in [0.5, 0.6) is 0 Å². The quantitative estimate of drug-likeness (QED) is 0.860. The van der Waals surface area contributed by atoms with Crippen molar-refractivity contribution in [3.63, 3.8) is 0 Å². The van der Waals surface area contributed by atoms with Gasteiger partial charge in [-0.3, -0.25) is 4.99 Å². The summed E-state index contributed by atoms with van der Waals surface area (Å²) in [5.74, 6) is 1.01. The first-order chi connectivity index (χ1) is 8.24. The fraction of sp³-hybridized carbons (Fsp3) is 0.300. The molecule has 0 spiro atoms. The molecule has 3 rings (SSSR count). The predicted molar refractivity (Wildman–Crippen MR) is 71.9 cm³/mol. The Labute approximate surface area is 107 Å². The molecule has 0 saturated heterocycles. The SMILES string of the molecule is Cn1nc2ccc(Cl)c(NC3=NCCS3)c2n1. The third-order valence-corrected chi connectivity index (χ3v) is 3.63. The summed E-state index contributed by atoms with van der Waals surface area (Å²) in [6.07, 6.45) is 0. The van der Waals surface area contributed by atoms with Crippen LogP contribution in [0.25, 0.3) is 11.0 Å². The van der Waals surface area contributed by atoms with Gasteiger partial charge in [0.15, 0.2) is 5.17 Å². The van der Waals surface area contributed by atoms with Crippen LogP contribution in [0, 0.1) is 0 Å². The van der Waals surface area contributed by atoms with Gasteiger partial charge in [-0.05, 0) is 12.1 Å². The smallest absolute Gasteiger partial charge is 0.161 e. The molecule has 0 fully saturated rings. The van der Waals surface area contributed by atoms with Crippen LogP contribution in [0.2, 0.25) is 5.02 Å². The third-order valence-electron chi connectivity index (χ3n) is 2.42. The molecule has 1 N–H and O–H groups in total. The lowest BCUT2D eigenvalue weighted by atomic mass is 10.2. The molecule has 0 aliphatic carbocycles. The lowest BCUT2D eigenvalue weighted by Crippen LogP contribution is -2.06. The Morgan fingerprint density at radius 1 is 1.41 bits per heavy atom. The van der Waals surface area contributed by atoms with E-state index in [9.17, 15) is 0 Å². The number of hydrogen-bond acceptors (Lipinski definition) is 5. The van der Waals surface area contributed by atoms with E-state index in [1.165, 1.54) is 4.80 Å². The minimum atomic E-state index is 0.633. The molecule has 2 heterocycles. The molecule has 0 bridgehead atoms. The molecule has 17 heavy (non-hydrogen) atoms. The highest BCUT2D eigenvalue weighted by molar-refractivity contribution is 8.14. The maximum Gasteiger partial charge on any atom is 0.161 e. The molecular formula is C10H10ClN5S. The summed E-state index contributed by atoms with van der Waals surface area (Å²) in [6, 6.07) is 3.68. The van der Waals surface area contributed by atoms with Gasteiger partial charge in [-0.1, -0.05) is 23.4 Å². The predicted octanol–water partition coefficient (Wildman–Crippen LogP) is 2.14. The van der Waals surface area contributed by atoms with Crippen molar-refractivity contribution in [1.82, 2.24) is 15.0 Å². The molecular weight excluding hydrogens is 258 g/mol. The summed E-state index contributed by atoms with van der Waals surface area (Å²) in [7, 11) is 1.79. The van der Waals surface area contributed by atoms with Gasteiger partial charge in [-0.2, -0.15) is 15.0 Å². The normalized spacial score (nSPS) is 15.3. The van der Waals surface area contributed by atoms with Crippen molar-refractivity contribution in [2.45, 2.75) is 0 Å². The van der Waals surface area contributed by atoms with Crippen LogP contribution in [0.15, 0.2) is 17.1 Å². The van der Waals surface area contributed by atoms with Crippen LogP contribution >= 0.6 is 23.4 Å². The van der Waals surface area contributed by atoms with E-state index in [-0.39, 0.29) is 0 Å². The Morgan fingerprint density at radius 3 is 3.06 bits per heavy atom. The highest BCUT2D eigenvalue weighted by atomic mass is 35.5. The fourth-order valence-electron chi connectivity index (χ4n) is 1.70. The van der Waals surface area contributed by atoms with Gasteiger partial charge in [0.25, 0.3) is 0 Å². The second-order valence-corrected chi connectivity index (χ2v) is 5.13. The Bertz CT molecular complexity index is 606. The molecule has 0 unspecified atom stereocenters. The van der Waals surface area contributed by atoms with E-state index < -0.39 is 0 Å². The fourth-order valence-corrected chi connectivity index (χ4v) is 2.63. The average molecular weight is 268 g/mol. The van der Waals surface area contributed by atoms with Crippen molar-refractivity contribution in [3.8, 4) is 0 Å². The Morgan fingerprint density at radius 2 is 2.29 bits per heavy atom. The highest BCUT2D eigenvalue weighted by Gasteiger charge is 2.14. The van der Waals surface area contributed by atoms with Crippen molar-refractivity contribution < 1.29 is 0 Å². The van der Waals surface area contributed by atoms with Crippen LogP contribution in [0.4, 0.5) is 5.69 Å². The van der Waals surface area contributed by atoms with E-state index >= 15 is 0 Å². The van der Waals surface area contributed by atoms with Crippen molar-refractivity contribution >= 4 is 45.3 Å². The van der Waals surface area contributed by atoms with Gasteiger partial charge in [0.2, 0.25) is 0 Å². The van der Waals surface area contributed by atoms with E-state index in [1.54, 1.807) is 18.8 Å². The first-order valence-electron chi connectivity index (χ1n) is 5.18. The maximum atomic E-state index is 6.19. The second kappa shape index (κ2) is 4.19. The number of hydrogen-bond donors (Lipinski definition) is 1. The summed E-state index contributed by atoms with van der Waals surface area (Å²) in [5, 5.41) is 13.3. The Kier molecular flexibility index (Phi) is 2.68.